The number of Topliss-reactive ketones (excluding diaryl/α,β-unsaturated/α-hetero) is 1. The molecule has 0 aliphatic carbocycles. The van der Waals surface area contributed by atoms with Crippen LogP contribution in [0.4, 0.5) is 0 Å². The Labute approximate surface area is 154 Å². The maximum atomic E-state index is 12.8. The summed E-state index contributed by atoms with van der Waals surface area (Å²) in [6.45, 7) is 11.2. The predicted octanol–water partition coefficient (Wildman–Crippen LogP) is 1.13. The van der Waals surface area contributed by atoms with Gasteiger partial charge in [-0.2, -0.15) is 0 Å². The second-order valence-corrected chi connectivity index (χ2v) is 8.49. The van der Waals surface area contributed by atoms with E-state index < -0.39 is 47.9 Å². The van der Waals surface area contributed by atoms with Gasteiger partial charge in [-0.3, -0.25) is 4.79 Å². The highest BCUT2D eigenvalue weighted by Crippen LogP contribution is 2.36. The molecule has 0 unspecified atom stereocenters. The van der Waals surface area contributed by atoms with Crippen molar-refractivity contribution in [2.45, 2.75) is 95.8 Å². The lowest BCUT2D eigenvalue weighted by atomic mass is 9.98. The number of aliphatic hydroxyl groups is 1. The van der Waals surface area contributed by atoms with Crippen molar-refractivity contribution >= 4 is 5.78 Å². The Morgan fingerprint density at radius 1 is 0.923 bits per heavy atom. The van der Waals surface area contributed by atoms with Crippen LogP contribution in [-0.2, 0) is 33.2 Å². The van der Waals surface area contributed by atoms with E-state index in [4.69, 9.17) is 28.4 Å². The van der Waals surface area contributed by atoms with Gasteiger partial charge < -0.3 is 33.5 Å². The summed E-state index contributed by atoms with van der Waals surface area (Å²) in [5.41, 5.74) is 0. The van der Waals surface area contributed by atoms with Crippen LogP contribution < -0.4 is 0 Å². The lowest BCUT2D eigenvalue weighted by Crippen LogP contribution is -2.44. The smallest absolute Gasteiger partial charge is 0.167 e. The molecule has 0 bridgehead atoms. The quantitative estimate of drug-likeness (QED) is 0.766. The second-order valence-electron chi connectivity index (χ2n) is 8.49. The molecule has 3 saturated heterocycles. The van der Waals surface area contributed by atoms with Gasteiger partial charge in [-0.05, 0) is 41.5 Å². The van der Waals surface area contributed by atoms with Crippen LogP contribution in [0.1, 0.15) is 48.0 Å². The number of hydrogen-bond donors (Lipinski definition) is 1. The van der Waals surface area contributed by atoms with E-state index >= 15 is 0 Å². The lowest BCUT2D eigenvalue weighted by Gasteiger charge is -2.24. The minimum atomic E-state index is -0.977. The first-order valence-electron chi connectivity index (χ1n) is 9.07. The van der Waals surface area contributed by atoms with Gasteiger partial charge in [0.1, 0.15) is 24.4 Å². The Balaban J connectivity index is 1.64. The third-order valence-corrected chi connectivity index (χ3v) is 4.71. The van der Waals surface area contributed by atoms with E-state index in [1.54, 1.807) is 27.7 Å². The van der Waals surface area contributed by atoms with Crippen LogP contribution in [-0.4, -0.2) is 72.0 Å². The summed E-state index contributed by atoms with van der Waals surface area (Å²) in [4.78, 5) is 12.8. The summed E-state index contributed by atoms with van der Waals surface area (Å²) in [5, 5.41) is 10.4. The molecular formula is C18H30O8. The van der Waals surface area contributed by atoms with Crippen molar-refractivity contribution in [1.29, 1.82) is 0 Å². The maximum Gasteiger partial charge on any atom is 0.167 e. The van der Waals surface area contributed by atoms with Gasteiger partial charge >= 0.3 is 0 Å². The van der Waals surface area contributed by atoms with E-state index in [0.29, 0.717) is 6.61 Å². The van der Waals surface area contributed by atoms with Crippen molar-refractivity contribution in [2.75, 3.05) is 13.2 Å². The molecule has 0 aromatic heterocycles. The van der Waals surface area contributed by atoms with E-state index in [1.165, 1.54) is 0 Å². The molecule has 8 nitrogen and oxygen atoms in total. The summed E-state index contributed by atoms with van der Waals surface area (Å²) >= 11 is 0. The average Bonchev–Trinajstić information content (AvgIpc) is 3.13. The number of ketones is 1. The van der Waals surface area contributed by atoms with Crippen molar-refractivity contribution in [3.63, 3.8) is 0 Å². The molecule has 3 aliphatic heterocycles. The molecular weight excluding hydrogens is 344 g/mol. The number of ether oxygens (including phenoxy) is 6. The highest BCUT2D eigenvalue weighted by Gasteiger charge is 2.52. The predicted molar refractivity (Wildman–Crippen MR) is 89.3 cm³/mol. The fourth-order valence-electron chi connectivity index (χ4n) is 3.55. The molecule has 1 N–H and O–H groups in total. The van der Waals surface area contributed by atoms with Crippen LogP contribution >= 0.6 is 0 Å². The molecule has 0 amide bonds. The Morgan fingerprint density at radius 2 is 1.54 bits per heavy atom. The molecule has 0 aromatic carbocycles. The van der Waals surface area contributed by atoms with Crippen LogP contribution in [0.25, 0.3) is 0 Å². The van der Waals surface area contributed by atoms with E-state index in [2.05, 4.69) is 0 Å². The molecule has 3 heterocycles. The van der Waals surface area contributed by atoms with Gasteiger partial charge in [0.25, 0.3) is 0 Å². The van der Waals surface area contributed by atoms with Gasteiger partial charge in [-0.15, -0.1) is 0 Å². The fourth-order valence-corrected chi connectivity index (χ4v) is 3.55. The Morgan fingerprint density at radius 3 is 2.08 bits per heavy atom. The molecule has 0 aromatic rings. The number of carbonyl (C=O) groups is 1. The van der Waals surface area contributed by atoms with Gasteiger partial charge in [0.2, 0.25) is 0 Å². The number of aliphatic hydroxyl groups excluding tert-OH is 1. The van der Waals surface area contributed by atoms with Crippen molar-refractivity contribution in [1.82, 2.24) is 0 Å². The van der Waals surface area contributed by atoms with Crippen LogP contribution in [0.3, 0.4) is 0 Å². The monoisotopic (exact) mass is 374 g/mol. The Bertz CT molecular complexity index is 543. The van der Waals surface area contributed by atoms with Gasteiger partial charge in [-0.1, -0.05) is 0 Å². The van der Waals surface area contributed by atoms with Gasteiger partial charge in [0.15, 0.2) is 23.1 Å². The van der Waals surface area contributed by atoms with Crippen LogP contribution in [0.15, 0.2) is 0 Å². The maximum absolute atomic E-state index is 12.8. The third-order valence-electron chi connectivity index (χ3n) is 4.71. The SMILES string of the molecule is CC1(C)OC[C@@H]([C@@H]2OC(C)(C)O[C@H]2C(=O)C[C@@H](O)[C@H]2COC(C)(C)O2)O1. The molecule has 3 aliphatic rings. The molecule has 0 spiro atoms. The van der Waals surface area contributed by atoms with Crippen LogP contribution in [0.5, 0.6) is 0 Å². The Hall–Kier alpha value is -0.610. The van der Waals surface area contributed by atoms with Gasteiger partial charge in [-0.25, -0.2) is 0 Å². The molecule has 8 heteroatoms. The summed E-state index contributed by atoms with van der Waals surface area (Å²) in [6, 6.07) is 0. The molecule has 3 fully saturated rings. The number of rotatable bonds is 5. The second kappa shape index (κ2) is 6.77. The van der Waals surface area contributed by atoms with Crippen LogP contribution in [0.2, 0.25) is 0 Å². The highest BCUT2D eigenvalue weighted by molar-refractivity contribution is 5.84. The largest absolute Gasteiger partial charge is 0.390 e. The first kappa shape index (κ1) is 20.1. The van der Waals surface area contributed by atoms with Crippen molar-refractivity contribution in [3.8, 4) is 0 Å². The summed E-state index contributed by atoms with van der Waals surface area (Å²) in [7, 11) is 0. The van der Waals surface area contributed by atoms with Crippen molar-refractivity contribution in [3.05, 3.63) is 0 Å². The van der Waals surface area contributed by atoms with E-state index in [0.717, 1.165) is 0 Å². The first-order chi connectivity index (χ1) is 11.9. The standard InChI is InChI=1S/C18H30O8/c1-16(2)21-8-12(23-16)10(19)7-11(20)14-15(26-18(5,6)25-14)13-9-22-17(3,4)24-13/h10,12-15,19H,7-9H2,1-6H3/t10-,12-,13+,14+,15+/m1/s1. The zero-order valence-corrected chi connectivity index (χ0v) is 16.3. The molecule has 0 radical (unpaired) electrons. The zero-order chi connectivity index (χ0) is 19.3. The normalized spacial score (nSPS) is 39.2. The molecule has 3 rings (SSSR count). The summed E-state index contributed by atoms with van der Waals surface area (Å²) < 4.78 is 34.3. The number of carbonyl (C=O) groups excluding carboxylic acids is 1. The van der Waals surface area contributed by atoms with Crippen molar-refractivity contribution < 1.29 is 38.3 Å². The molecule has 150 valence electrons. The van der Waals surface area contributed by atoms with E-state index in [9.17, 15) is 9.90 Å². The summed E-state index contributed by atoms with van der Waals surface area (Å²) in [5.74, 6) is -2.66. The van der Waals surface area contributed by atoms with Gasteiger partial charge in [0, 0.05) is 6.42 Å². The fraction of sp³-hybridized carbons (Fsp3) is 0.944. The topological polar surface area (TPSA) is 92.7 Å². The molecule has 0 saturated carbocycles. The average molecular weight is 374 g/mol. The van der Waals surface area contributed by atoms with Gasteiger partial charge in [0.05, 0.1) is 19.3 Å². The third kappa shape index (κ3) is 4.44. The summed E-state index contributed by atoms with van der Waals surface area (Å²) in [6.07, 6.45) is -3.48. The molecule has 26 heavy (non-hydrogen) atoms. The Kier molecular flexibility index (Phi) is 5.24. The minimum absolute atomic E-state index is 0.109. The van der Waals surface area contributed by atoms with E-state index in [-0.39, 0.29) is 18.8 Å². The highest BCUT2D eigenvalue weighted by atomic mass is 16.8. The first-order valence-corrected chi connectivity index (χ1v) is 9.07. The molecule has 5 atom stereocenters. The zero-order valence-electron chi connectivity index (χ0n) is 16.3. The van der Waals surface area contributed by atoms with E-state index in [1.807, 2.05) is 13.8 Å². The van der Waals surface area contributed by atoms with Crippen LogP contribution in [0, 0.1) is 0 Å². The van der Waals surface area contributed by atoms with Crippen molar-refractivity contribution in [2.24, 2.45) is 0 Å². The number of hydrogen-bond acceptors (Lipinski definition) is 8. The lowest BCUT2D eigenvalue weighted by molar-refractivity contribution is -0.175. The minimum Gasteiger partial charge on any atom is -0.390 e.